The van der Waals surface area contributed by atoms with Crippen LogP contribution in [0.4, 0.5) is 0 Å². The first-order chi connectivity index (χ1) is 26.6. The lowest BCUT2D eigenvalue weighted by atomic mass is 9.48. The lowest BCUT2D eigenvalue weighted by molar-refractivity contribution is -0.153. The van der Waals surface area contributed by atoms with Gasteiger partial charge in [-0.05, 0) is 157 Å². The van der Waals surface area contributed by atoms with E-state index in [1.165, 1.54) is 57.8 Å². The lowest BCUT2D eigenvalue weighted by Gasteiger charge is -2.57. The number of nitrogens with two attached hydrogens (primary N) is 1. The summed E-state index contributed by atoms with van der Waals surface area (Å²) < 4.78 is 17.9. The zero-order valence-corrected chi connectivity index (χ0v) is 37.8. The fraction of sp³-hybridized carbons (Fsp3) is 0.878. The molecule has 56 heavy (non-hydrogen) atoms. The smallest absolute Gasteiger partial charge is 0.306 e. The van der Waals surface area contributed by atoms with E-state index in [4.69, 9.17) is 19.9 Å². The number of hydrogen-bond donors (Lipinski definition) is 1. The molecule has 3 fully saturated rings. The van der Waals surface area contributed by atoms with Gasteiger partial charge in [0.05, 0.1) is 6.10 Å². The van der Waals surface area contributed by atoms with Gasteiger partial charge in [0, 0.05) is 30.9 Å². The van der Waals surface area contributed by atoms with Crippen LogP contribution in [0.25, 0.3) is 0 Å². The second kappa shape index (κ2) is 22.1. The first-order valence-corrected chi connectivity index (χ1v) is 23.3. The van der Waals surface area contributed by atoms with Gasteiger partial charge in [-0.1, -0.05) is 91.9 Å². The summed E-state index contributed by atoms with van der Waals surface area (Å²) in [5, 5.41) is 0. The van der Waals surface area contributed by atoms with E-state index >= 15 is 0 Å². The van der Waals surface area contributed by atoms with E-state index in [-0.39, 0.29) is 30.6 Å². The van der Waals surface area contributed by atoms with Crippen molar-refractivity contribution < 1.29 is 23.8 Å². The third kappa shape index (κ3) is 12.9. The molecule has 12 atom stereocenters. The minimum Gasteiger partial charge on any atom is -0.462 e. The van der Waals surface area contributed by atoms with E-state index in [0.29, 0.717) is 24.4 Å². The van der Waals surface area contributed by atoms with Gasteiger partial charge >= 0.3 is 11.9 Å². The molecule has 0 aromatic heterocycles. The van der Waals surface area contributed by atoms with Gasteiger partial charge in [-0.25, -0.2) is 0 Å². The third-order valence-electron chi connectivity index (χ3n) is 15.4. The van der Waals surface area contributed by atoms with Gasteiger partial charge in [-0.15, -0.1) is 0 Å². The topological polar surface area (TPSA) is 91.1 Å². The van der Waals surface area contributed by atoms with E-state index in [2.05, 4.69) is 52.5 Å². The highest BCUT2D eigenvalue weighted by Crippen LogP contribution is 2.64. The Morgan fingerprint density at radius 3 is 2.48 bits per heavy atom. The van der Waals surface area contributed by atoms with Crippen LogP contribution in [0.1, 0.15) is 165 Å². The molecule has 4 aliphatic rings. The molecule has 3 saturated carbocycles. The Bertz CT molecular complexity index is 1270. The van der Waals surface area contributed by atoms with E-state index in [1.807, 2.05) is 27.1 Å². The molecule has 0 bridgehead atoms. The van der Waals surface area contributed by atoms with Gasteiger partial charge in [0.2, 0.25) is 0 Å². The summed E-state index contributed by atoms with van der Waals surface area (Å²) in [7, 11) is 4.03. The summed E-state index contributed by atoms with van der Waals surface area (Å²) in [6.45, 7) is 20.2. The number of fused-ring (bicyclic) bond motifs is 5. The van der Waals surface area contributed by atoms with Crippen LogP contribution >= 0.6 is 0 Å². The van der Waals surface area contributed by atoms with Crippen molar-refractivity contribution in [3.8, 4) is 0 Å². The molecule has 0 aromatic rings. The van der Waals surface area contributed by atoms with E-state index in [0.717, 1.165) is 99.0 Å². The van der Waals surface area contributed by atoms with Gasteiger partial charge in [0.15, 0.2) is 0 Å². The van der Waals surface area contributed by atoms with Crippen molar-refractivity contribution >= 4 is 11.9 Å². The standard InChI is InChI=1S/C49H86N2O5/c1-11-45(52)55-31-17-27-49(8,50)37(6)44(56-46(53)21-16-29-51(9)10)20-13-12-14-30-54-39-26-28-48(7)38(33-39)22-23-41-42-25-24-40(35(4)19-15-18-34(2)3)47(42)36(5)32-43(41)48/h17,22,27,34-37,39-44,47H,11-16,18-21,23-26,28-33,50H2,1-10H3/b27-17-/t35-,36-,37?,39+,40-,41?,42?,43?,44?,47?,48+,49?/m1/s1. The summed E-state index contributed by atoms with van der Waals surface area (Å²) in [5.74, 6) is 6.62. The van der Waals surface area contributed by atoms with Crippen LogP contribution in [0.5, 0.6) is 0 Å². The minimum absolute atomic E-state index is 0.106. The predicted octanol–water partition coefficient (Wildman–Crippen LogP) is 10.9. The molecule has 0 saturated heterocycles. The summed E-state index contributed by atoms with van der Waals surface area (Å²) in [4.78, 5) is 26.6. The predicted molar refractivity (Wildman–Crippen MR) is 231 cm³/mol. The SMILES string of the molecule is CCC(=O)OC/C=C\C(C)(N)C(C)C(CCCCCO[C@H]1CC[C@@]2(C)C(=CCC3C4CC[C@H]([C@H](C)CCCC(C)C)C4[C@H](C)CC32)C1)OC(=O)CCCN(C)C. The highest BCUT2D eigenvalue weighted by atomic mass is 16.5. The van der Waals surface area contributed by atoms with Crippen molar-refractivity contribution in [2.24, 2.45) is 64.4 Å². The number of rotatable bonds is 23. The fourth-order valence-electron chi connectivity index (χ4n) is 11.8. The quantitative estimate of drug-likeness (QED) is 0.0627. The second-order valence-corrected chi connectivity index (χ2v) is 20.3. The van der Waals surface area contributed by atoms with Gasteiger partial charge in [0.1, 0.15) is 12.7 Å². The highest BCUT2D eigenvalue weighted by Gasteiger charge is 2.56. The summed E-state index contributed by atoms with van der Waals surface area (Å²) in [6, 6.07) is 0. The summed E-state index contributed by atoms with van der Waals surface area (Å²) in [5.41, 5.74) is 8.11. The molecule has 7 heteroatoms. The Morgan fingerprint density at radius 1 is 1.00 bits per heavy atom. The maximum Gasteiger partial charge on any atom is 0.306 e. The van der Waals surface area contributed by atoms with Crippen LogP contribution < -0.4 is 5.73 Å². The zero-order valence-electron chi connectivity index (χ0n) is 37.8. The molecule has 322 valence electrons. The van der Waals surface area contributed by atoms with Crippen LogP contribution in [-0.4, -0.2) is 68.4 Å². The number of hydrogen-bond acceptors (Lipinski definition) is 7. The molecule has 0 heterocycles. The van der Waals surface area contributed by atoms with Crippen molar-refractivity contribution in [2.75, 3.05) is 33.9 Å². The molecule has 0 spiro atoms. The monoisotopic (exact) mass is 783 g/mol. The normalized spacial score (nSPS) is 31.6. The largest absolute Gasteiger partial charge is 0.462 e. The highest BCUT2D eigenvalue weighted by molar-refractivity contribution is 5.69. The van der Waals surface area contributed by atoms with Crippen molar-refractivity contribution in [3.63, 3.8) is 0 Å². The number of esters is 2. The fourth-order valence-corrected chi connectivity index (χ4v) is 11.8. The number of nitrogens with zero attached hydrogens (tertiary/aromatic N) is 1. The van der Waals surface area contributed by atoms with Crippen molar-refractivity contribution in [2.45, 2.75) is 182 Å². The van der Waals surface area contributed by atoms with Crippen LogP contribution in [0.2, 0.25) is 0 Å². The van der Waals surface area contributed by atoms with Gasteiger partial charge < -0.3 is 24.8 Å². The van der Waals surface area contributed by atoms with Crippen molar-refractivity contribution in [1.82, 2.24) is 4.90 Å². The molecule has 7 nitrogen and oxygen atoms in total. The number of carbonyl (C=O) groups is 2. The Hall–Kier alpha value is -1.70. The van der Waals surface area contributed by atoms with Gasteiger partial charge in [0.25, 0.3) is 0 Å². The molecular formula is C49H86N2O5. The number of unbranched alkanes of at least 4 members (excludes halogenated alkanes) is 2. The van der Waals surface area contributed by atoms with Crippen LogP contribution in [0, 0.1) is 58.7 Å². The molecular weight excluding hydrogens is 697 g/mol. The van der Waals surface area contributed by atoms with E-state index < -0.39 is 5.54 Å². The zero-order chi connectivity index (χ0) is 41.0. The Kier molecular flexibility index (Phi) is 18.5. The number of allylic oxidation sites excluding steroid dienone is 1. The van der Waals surface area contributed by atoms with E-state index in [1.54, 1.807) is 18.6 Å². The average Bonchev–Trinajstić information content (AvgIpc) is 3.60. The average molecular weight is 783 g/mol. The van der Waals surface area contributed by atoms with Crippen LogP contribution in [0.3, 0.4) is 0 Å². The first-order valence-electron chi connectivity index (χ1n) is 23.3. The second-order valence-electron chi connectivity index (χ2n) is 20.3. The molecule has 0 amide bonds. The van der Waals surface area contributed by atoms with Gasteiger partial charge in [-0.3, -0.25) is 9.59 Å². The maximum absolute atomic E-state index is 12.9. The third-order valence-corrected chi connectivity index (χ3v) is 15.4. The Balaban J connectivity index is 1.25. The van der Waals surface area contributed by atoms with Crippen LogP contribution in [0.15, 0.2) is 23.8 Å². The molecule has 4 aliphatic carbocycles. The molecule has 7 unspecified atom stereocenters. The lowest BCUT2D eigenvalue weighted by Crippen LogP contribution is -2.50. The Morgan fingerprint density at radius 2 is 1.77 bits per heavy atom. The van der Waals surface area contributed by atoms with Crippen molar-refractivity contribution in [1.29, 1.82) is 0 Å². The molecule has 2 N–H and O–H groups in total. The van der Waals surface area contributed by atoms with Crippen molar-refractivity contribution in [3.05, 3.63) is 23.8 Å². The molecule has 4 rings (SSSR count). The first kappa shape index (κ1) is 47.0. The maximum atomic E-state index is 12.9. The van der Waals surface area contributed by atoms with Gasteiger partial charge in [-0.2, -0.15) is 0 Å². The summed E-state index contributed by atoms with van der Waals surface area (Å²) in [6.07, 6.45) is 25.2. The molecule has 0 radical (unpaired) electrons. The number of carbonyl (C=O) groups excluding carboxylic acids is 2. The van der Waals surface area contributed by atoms with Crippen LogP contribution in [-0.2, 0) is 23.8 Å². The molecule has 0 aliphatic heterocycles. The van der Waals surface area contributed by atoms with E-state index in [9.17, 15) is 9.59 Å². The Labute approximate surface area is 344 Å². The number of ether oxygens (including phenoxy) is 3. The molecule has 0 aromatic carbocycles. The minimum atomic E-state index is -0.720. The summed E-state index contributed by atoms with van der Waals surface area (Å²) >= 11 is 0.